The van der Waals surface area contributed by atoms with E-state index in [0.717, 1.165) is 36.3 Å². The van der Waals surface area contributed by atoms with Crippen molar-refractivity contribution in [2.24, 2.45) is 7.05 Å². The van der Waals surface area contributed by atoms with Crippen molar-refractivity contribution < 1.29 is 0 Å². The second kappa shape index (κ2) is 6.05. The molecule has 0 aliphatic carbocycles. The molecule has 1 unspecified atom stereocenters. The smallest absolute Gasteiger partial charge is 0.0997 e. The van der Waals surface area contributed by atoms with Gasteiger partial charge in [-0.2, -0.15) is 20.5 Å². The molecule has 2 heterocycles. The second-order valence-corrected chi connectivity index (χ2v) is 5.19. The molecule has 0 aliphatic heterocycles. The number of benzene rings is 1. The number of para-hydroxylation sites is 1. The van der Waals surface area contributed by atoms with Gasteiger partial charge in [-0.1, -0.05) is 25.1 Å². The summed E-state index contributed by atoms with van der Waals surface area (Å²) in [6, 6.07) is 8.44. The molecule has 110 valence electrons. The van der Waals surface area contributed by atoms with Crippen molar-refractivity contribution in [2.75, 3.05) is 6.54 Å². The highest BCUT2D eigenvalue weighted by atomic mass is 15.3. The minimum Gasteiger partial charge on any atom is -0.308 e. The normalized spacial score (nSPS) is 12.9. The van der Waals surface area contributed by atoms with Gasteiger partial charge in [0.15, 0.2) is 0 Å². The minimum absolute atomic E-state index is 0.127. The third-order valence-corrected chi connectivity index (χ3v) is 3.66. The molecule has 0 fully saturated rings. The van der Waals surface area contributed by atoms with Crippen LogP contribution in [0.2, 0.25) is 0 Å². The van der Waals surface area contributed by atoms with Crippen molar-refractivity contribution in [3.8, 4) is 0 Å². The number of hydrogen-bond acceptors (Lipinski definition) is 4. The molecule has 1 atom stereocenters. The molecule has 0 aliphatic rings. The van der Waals surface area contributed by atoms with Gasteiger partial charge in [0.1, 0.15) is 0 Å². The first kappa shape index (κ1) is 13.8. The summed E-state index contributed by atoms with van der Waals surface area (Å²) < 4.78 is 1.93. The van der Waals surface area contributed by atoms with Gasteiger partial charge in [-0.3, -0.25) is 4.68 Å². The maximum Gasteiger partial charge on any atom is 0.0997 e. The molecule has 0 bridgehead atoms. The molecule has 0 saturated carbocycles. The average Bonchev–Trinajstić information content (AvgIpc) is 3.13. The van der Waals surface area contributed by atoms with E-state index in [9.17, 15) is 0 Å². The maximum atomic E-state index is 4.67. The van der Waals surface area contributed by atoms with Gasteiger partial charge in [0, 0.05) is 18.9 Å². The number of aryl methyl sites for hydroxylation is 1. The number of aromatic nitrogens is 5. The van der Waals surface area contributed by atoms with E-state index >= 15 is 0 Å². The minimum atomic E-state index is 0.127. The van der Waals surface area contributed by atoms with Crippen molar-refractivity contribution in [1.82, 2.24) is 30.5 Å². The zero-order chi connectivity index (χ0) is 14.7. The van der Waals surface area contributed by atoms with E-state index in [1.54, 1.807) is 6.20 Å². The largest absolute Gasteiger partial charge is 0.308 e. The van der Waals surface area contributed by atoms with Crippen LogP contribution in [-0.2, 0) is 13.5 Å². The van der Waals surface area contributed by atoms with Crippen LogP contribution in [0.5, 0.6) is 0 Å². The van der Waals surface area contributed by atoms with Crippen molar-refractivity contribution >= 4 is 10.9 Å². The molecule has 6 nitrogen and oxygen atoms in total. The summed E-state index contributed by atoms with van der Waals surface area (Å²) >= 11 is 0. The number of nitrogens with one attached hydrogen (secondary N) is 2. The van der Waals surface area contributed by atoms with Crippen LogP contribution in [0, 0.1) is 0 Å². The standard InChI is InChI=1S/C15H20N6/c1-3-8-16-13(14-10-17-20-18-14)9-12-11-6-4-5-7-15(11)21(2)19-12/h4-7,10,13,16H,3,8-9H2,1-2H3,(H,17,18,20). The van der Waals surface area contributed by atoms with E-state index in [4.69, 9.17) is 0 Å². The third-order valence-electron chi connectivity index (χ3n) is 3.66. The van der Waals surface area contributed by atoms with Crippen LogP contribution in [0.15, 0.2) is 30.5 Å². The fourth-order valence-corrected chi connectivity index (χ4v) is 2.61. The van der Waals surface area contributed by atoms with Gasteiger partial charge < -0.3 is 5.32 Å². The van der Waals surface area contributed by atoms with E-state index in [0.29, 0.717) is 0 Å². The second-order valence-electron chi connectivity index (χ2n) is 5.19. The summed E-state index contributed by atoms with van der Waals surface area (Å²) in [5.41, 5.74) is 3.17. The Morgan fingerprint density at radius 1 is 1.33 bits per heavy atom. The lowest BCUT2D eigenvalue weighted by Gasteiger charge is -2.14. The molecule has 3 rings (SSSR count). The van der Waals surface area contributed by atoms with Crippen LogP contribution in [0.4, 0.5) is 0 Å². The lowest BCUT2D eigenvalue weighted by atomic mass is 10.1. The third kappa shape index (κ3) is 2.80. The predicted octanol–water partition coefficient (Wildman–Crippen LogP) is 1.97. The van der Waals surface area contributed by atoms with Gasteiger partial charge in [-0.25, -0.2) is 0 Å². The van der Waals surface area contributed by atoms with E-state index in [1.165, 1.54) is 5.39 Å². The van der Waals surface area contributed by atoms with Crippen molar-refractivity contribution in [1.29, 1.82) is 0 Å². The van der Waals surface area contributed by atoms with Gasteiger partial charge in [0.2, 0.25) is 0 Å². The van der Waals surface area contributed by atoms with Crippen LogP contribution in [0.25, 0.3) is 10.9 Å². The van der Waals surface area contributed by atoms with Crippen LogP contribution in [-0.4, -0.2) is 31.7 Å². The highest BCUT2D eigenvalue weighted by Crippen LogP contribution is 2.22. The van der Waals surface area contributed by atoms with Crippen molar-refractivity contribution in [3.63, 3.8) is 0 Å². The summed E-state index contributed by atoms with van der Waals surface area (Å²) in [5.74, 6) is 0. The first-order valence-electron chi connectivity index (χ1n) is 7.29. The SMILES string of the molecule is CCCNC(Cc1nn(C)c2ccccc12)c1cn[nH]n1. The fourth-order valence-electron chi connectivity index (χ4n) is 2.61. The zero-order valence-electron chi connectivity index (χ0n) is 12.4. The lowest BCUT2D eigenvalue weighted by Crippen LogP contribution is -2.24. The highest BCUT2D eigenvalue weighted by molar-refractivity contribution is 5.81. The first-order chi connectivity index (χ1) is 10.3. The number of fused-ring (bicyclic) bond motifs is 1. The van der Waals surface area contributed by atoms with Crippen molar-refractivity contribution in [3.05, 3.63) is 41.9 Å². The molecule has 0 spiro atoms. The number of nitrogens with zero attached hydrogens (tertiary/aromatic N) is 4. The van der Waals surface area contributed by atoms with Gasteiger partial charge in [0.25, 0.3) is 0 Å². The molecule has 1 aromatic carbocycles. The van der Waals surface area contributed by atoms with Gasteiger partial charge >= 0.3 is 0 Å². The molecule has 0 saturated heterocycles. The van der Waals surface area contributed by atoms with Crippen LogP contribution >= 0.6 is 0 Å². The summed E-state index contributed by atoms with van der Waals surface area (Å²) in [7, 11) is 1.98. The van der Waals surface area contributed by atoms with Gasteiger partial charge in [0.05, 0.1) is 29.1 Å². The summed E-state index contributed by atoms with van der Waals surface area (Å²) in [4.78, 5) is 0. The van der Waals surface area contributed by atoms with Gasteiger partial charge in [-0.05, 0) is 19.0 Å². The number of aromatic amines is 1. The molecule has 0 amide bonds. The van der Waals surface area contributed by atoms with E-state index < -0.39 is 0 Å². The molecule has 2 N–H and O–H groups in total. The molecule has 3 aromatic rings. The van der Waals surface area contributed by atoms with E-state index in [1.807, 2.05) is 17.8 Å². The van der Waals surface area contributed by atoms with E-state index in [-0.39, 0.29) is 6.04 Å². The molecule has 2 aromatic heterocycles. The first-order valence-corrected chi connectivity index (χ1v) is 7.29. The number of hydrogen-bond donors (Lipinski definition) is 2. The maximum absolute atomic E-state index is 4.67. The topological polar surface area (TPSA) is 71.4 Å². The number of rotatable bonds is 6. The molecular formula is C15H20N6. The molecular weight excluding hydrogens is 264 g/mol. The van der Waals surface area contributed by atoms with Crippen LogP contribution in [0.3, 0.4) is 0 Å². The van der Waals surface area contributed by atoms with E-state index in [2.05, 4.69) is 50.9 Å². The Balaban J connectivity index is 1.90. The fraction of sp³-hybridized carbons (Fsp3) is 0.400. The Bertz CT molecular complexity index is 700. The Morgan fingerprint density at radius 3 is 2.95 bits per heavy atom. The van der Waals surface area contributed by atoms with Crippen LogP contribution < -0.4 is 5.32 Å². The molecule has 6 heteroatoms. The quantitative estimate of drug-likeness (QED) is 0.726. The monoisotopic (exact) mass is 284 g/mol. The Morgan fingerprint density at radius 2 is 2.19 bits per heavy atom. The Labute approximate surface area is 123 Å². The Kier molecular flexibility index (Phi) is 3.96. The van der Waals surface area contributed by atoms with Crippen molar-refractivity contribution in [2.45, 2.75) is 25.8 Å². The highest BCUT2D eigenvalue weighted by Gasteiger charge is 2.18. The average molecular weight is 284 g/mol. The Hall–Kier alpha value is -2.21. The number of H-pyrrole nitrogens is 1. The molecule has 0 radical (unpaired) electrons. The molecule has 21 heavy (non-hydrogen) atoms. The lowest BCUT2D eigenvalue weighted by molar-refractivity contribution is 0.510. The summed E-state index contributed by atoms with van der Waals surface area (Å²) in [6.45, 7) is 3.10. The summed E-state index contributed by atoms with van der Waals surface area (Å²) in [5, 5.41) is 20.2. The zero-order valence-corrected chi connectivity index (χ0v) is 12.4. The summed E-state index contributed by atoms with van der Waals surface area (Å²) in [6.07, 6.45) is 3.66. The van der Waals surface area contributed by atoms with Gasteiger partial charge in [-0.15, -0.1) is 0 Å². The van der Waals surface area contributed by atoms with Crippen LogP contribution in [0.1, 0.15) is 30.8 Å². The predicted molar refractivity (Wildman–Crippen MR) is 81.8 cm³/mol.